The van der Waals surface area contributed by atoms with E-state index in [1.807, 2.05) is 18.2 Å². The van der Waals surface area contributed by atoms with E-state index in [4.69, 9.17) is 8.83 Å². The second-order valence-corrected chi connectivity index (χ2v) is 10.2. The number of aromatic hydroxyl groups is 2. The van der Waals surface area contributed by atoms with Gasteiger partial charge in [0.1, 0.15) is 0 Å². The summed E-state index contributed by atoms with van der Waals surface area (Å²) in [4.78, 5) is 26.7. The molecule has 180 valence electrons. The van der Waals surface area contributed by atoms with E-state index in [9.17, 15) is 19.8 Å². The Hall–Kier alpha value is -4.06. The Bertz CT molecular complexity index is 1680. The number of allylic oxidation sites excluding steroid dienone is 8. The van der Waals surface area contributed by atoms with E-state index in [0.717, 1.165) is 10.9 Å². The summed E-state index contributed by atoms with van der Waals surface area (Å²) in [6.45, 7) is 0. The quantitative estimate of drug-likeness (QED) is 0.263. The Morgan fingerprint density at radius 3 is 1.92 bits per heavy atom. The molecular weight excluding hydrogens is 500 g/mol. The van der Waals surface area contributed by atoms with Crippen LogP contribution in [0.2, 0.25) is 0 Å². The van der Waals surface area contributed by atoms with Crippen LogP contribution in [0.1, 0.15) is 29.9 Å². The zero-order chi connectivity index (χ0) is 24.8. The Morgan fingerprint density at radius 2 is 1.36 bits per heavy atom. The Kier molecular flexibility index (Phi) is 5.52. The second kappa shape index (κ2) is 8.86. The van der Waals surface area contributed by atoms with E-state index in [2.05, 4.69) is 12.2 Å². The van der Waals surface area contributed by atoms with E-state index in [-0.39, 0.29) is 33.8 Å². The Balaban J connectivity index is 1.67. The molecule has 0 aliphatic heterocycles. The number of rotatable bonds is 5. The van der Waals surface area contributed by atoms with Crippen LogP contribution in [0.25, 0.3) is 21.9 Å². The molecule has 0 bridgehead atoms. The predicted molar refractivity (Wildman–Crippen MR) is 133 cm³/mol. The Labute approximate surface area is 211 Å². The van der Waals surface area contributed by atoms with Crippen LogP contribution in [-0.4, -0.2) is 10.2 Å². The molecule has 2 aromatic carbocycles. The van der Waals surface area contributed by atoms with Gasteiger partial charge in [0, 0.05) is 0 Å². The zero-order valence-electron chi connectivity index (χ0n) is 18.9. The van der Waals surface area contributed by atoms with Crippen LogP contribution in [0.4, 0.5) is 0 Å². The molecule has 2 N–H and O–H groups in total. The van der Waals surface area contributed by atoms with Crippen LogP contribution in [0.3, 0.4) is 0 Å². The molecular formula is C29H20FeO6. The van der Waals surface area contributed by atoms with E-state index in [1.54, 1.807) is 48.5 Å². The summed E-state index contributed by atoms with van der Waals surface area (Å²) >= 11 is 0.644. The van der Waals surface area contributed by atoms with Crippen LogP contribution in [0.15, 0.2) is 112 Å². The molecule has 2 aliphatic rings. The van der Waals surface area contributed by atoms with Crippen LogP contribution in [-0.2, 0) is 15.0 Å². The molecule has 36 heavy (non-hydrogen) atoms. The fraction of sp³-hybridized carbons (Fsp3) is 0.103. The van der Waals surface area contributed by atoms with E-state index in [0.29, 0.717) is 37.7 Å². The van der Waals surface area contributed by atoms with Crippen LogP contribution >= 0.6 is 0 Å². The topological polar surface area (TPSA) is 101 Å². The summed E-state index contributed by atoms with van der Waals surface area (Å²) < 4.78 is 13.3. The van der Waals surface area contributed by atoms with Crippen LogP contribution in [0, 0.1) is 0 Å². The standard InChI is InChI=1S/C24H15O6.C5H5.Fe/c25-21-14-9-3-5-11-16(14)29-23(27)19(21)18(13-7-1-2-8-13)20-22(26)15-10-4-6-12-17(15)30-24(20)28;1-2-4-5-3-1;/h1,3-7,9-12,18,25-26H,2H2;1-3H,4H2;. The van der Waals surface area contributed by atoms with Gasteiger partial charge in [-0.2, -0.15) is 0 Å². The first-order valence-electron chi connectivity index (χ1n) is 11.4. The van der Waals surface area contributed by atoms with Crippen molar-refractivity contribution in [2.75, 3.05) is 0 Å². The van der Waals surface area contributed by atoms with Crippen molar-refractivity contribution in [3.63, 3.8) is 0 Å². The SMILES string of the molecule is O=c1oc2ccccc2c(O)c1C(C1=[C]([Fe][C]2=CC=CC2)CC=C1)c1c(O)c2ccccc2oc1=O. The summed E-state index contributed by atoms with van der Waals surface area (Å²) in [5.74, 6) is -1.66. The first kappa shape index (κ1) is 22.4. The average molecular weight is 520 g/mol. The number of fused-ring (bicyclic) bond motifs is 2. The average Bonchev–Trinajstić information content (AvgIpc) is 3.55. The number of para-hydroxylation sites is 2. The van der Waals surface area contributed by atoms with Gasteiger partial charge in [0.05, 0.1) is 0 Å². The third-order valence-corrected chi connectivity index (χ3v) is 8.00. The third-order valence-electron chi connectivity index (χ3n) is 6.36. The molecule has 0 atom stereocenters. The van der Waals surface area contributed by atoms with Crippen molar-refractivity contribution in [1.82, 2.24) is 0 Å². The van der Waals surface area contributed by atoms with Gasteiger partial charge < -0.3 is 0 Å². The molecule has 2 aliphatic carbocycles. The van der Waals surface area contributed by atoms with Crippen molar-refractivity contribution in [2.24, 2.45) is 0 Å². The molecule has 0 saturated heterocycles. The molecule has 0 spiro atoms. The molecule has 7 heteroatoms. The van der Waals surface area contributed by atoms with E-state index >= 15 is 0 Å². The monoisotopic (exact) mass is 520 g/mol. The molecule has 4 aromatic rings. The summed E-state index contributed by atoms with van der Waals surface area (Å²) in [6.07, 6.45) is 11.4. The van der Waals surface area contributed by atoms with Gasteiger partial charge in [-0.25, -0.2) is 0 Å². The third kappa shape index (κ3) is 3.65. The summed E-state index contributed by atoms with van der Waals surface area (Å²) in [7, 11) is 0. The molecule has 0 unspecified atom stereocenters. The molecule has 0 fully saturated rings. The van der Waals surface area contributed by atoms with Gasteiger partial charge in [-0.15, -0.1) is 0 Å². The second-order valence-electron chi connectivity index (χ2n) is 8.50. The fourth-order valence-corrected chi connectivity index (χ4v) is 6.23. The van der Waals surface area contributed by atoms with Crippen molar-refractivity contribution in [2.45, 2.75) is 18.8 Å². The molecule has 2 heterocycles. The maximum atomic E-state index is 13.4. The first-order valence-corrected chi connectivity index (χ1v) is 12.5. The van der Waals surface area contributed by atoms with Crippen molar-refractivity contribution < 1.29 is 34.0 Å². The molecule has 0 amide bonds. The van der Waals surface area contributed by atoms with Crippen molar-refractivity contribution in [1.29, 1.82) is 0 Å². The van der Waals surface area contributed by atoms with Crippen molar-refractivity contribution in [3.05, 3.63) is 125 Å². The van der Waals surface area contributed by atoms with Crippen molar-refractivity contribution >= 4 is 21.9 Å². The predicted octanol–water partition coefficient (Wildman–Crippen LogP) is 5.58. The van der Waals surface area contributed by atoms with Gasteiger partial charge in [0.2, 0.25) is 0 Å². The molecule has 0 saturated carbocycles. The first-order chi connectivity index (χ1) is 17.5. The zero-order valence-corrected chi connectivity index (χ0v) is 20.0. The summed E-state index contributed by atoms with van der Waals surface area (Å²) in [5.41, 5.74) is -0.646. The summed E-state index contributed by atoms with van der Waals surface area (Å²) in [5, 5.41) is 23.4. The van der Waals surface area contributed by atoms with Gasteiger partial charge in [0.25, 0.3) is 0 Å². The van der Waals surface area contributed by atoms with E-state index in [1.165, 1.54) is 4.47 Å². The van der Waals surface area contributed by atoms with Gasteiger partial charge in [-0.05, 0) is 0 Å². The van der Waals surface area contributed by atoms with Crippen molar-refractivity contribution in [3.8, 4) is 11.5 Å². The molecule has 2 aromatic heterocycles. The molecule has 6 rings (SSSR count). The van der Waals surface area contributed by atoms with Gasteiger partial charge in [0.15, 0.2) is 0 Å². The fourth-order valence-electron chi connectivity index (χ4n) is 4.71. The summed E-state index contributed by atoms with van der Waals surface area (Å²) in [6, 6.07) is 13.3. The van der Waals surface area contributed by atoms with Gasteiger partial charge >= 0.3 is 212 Å². The number of hydrogen-bond acceptors (Lipinski definition) is 6. The van der Waals surface area contributed by atoms with Crippen LogP contribution < -0.4 is 11.3 Å². The minimum absolute atomic E-state index is 0.107. The molecule has 6 nitrogen and oxygen atoms in total. The number of hydrogen-bond donors (Lipinski definition) is 2. The maximum absolute atomic E-state index is 13.4. The Morgan fingerprint density at radius 1 is 0.778 bits per heavy atom. The molecule has 0 radical (unpaired) electrons. The van der Waals surface area contributed by atoms with Gasteiger partial charge in [-0.1, -0.05) is 0 Å². The minimum atomic E-state index is -1.09. The van der Waals surface area contributed by atoms with E-state index < -0.39 is 17.2 Å². The number of benzene rings is 2. The normalized spacial score (nSPS) is 15.2. The van der Waals surface area contributed by atoms with Gasteiger partial charge in [-0.3, -0.25) is 0 Å². The van der Waals surface area contributed by atoms with Crippen LogP contribution in [0.5, 0.6) is 11.5 Å².